The van der Waals surface area contributed by atoms with Crippen LogP contribution in [0.3, 0.4) is 0 Å². The van der Waals surface area contributed by atoms with E-state index in [4.69, 9.17) is 0 Å². The maximum absolute atomic E-state index is 13.1. The molecular formula is C26H22N2O3S. The van der Waals surface area contributed by atoms with Gasteiger partial charge in [0.15, 0.2) is 0 Å². The Labute approximate surface area is 187 Å². The van der Waals surface area contributed by atoms with Crippen molar-refractivity contribution in [3.8, 4) is 0 Å². The van der Waals surface area contributed by atoms with Crippen LogP contribution in [0.1, 0.15) is 27.0 Å². The van der Waals surface area contributed by atoms with Crippen molar-refractivity contribution in [3.05, 3.63) is 101 Å². The molecule has 0 aromatic heterocycles. The summed E-state index contributed by atoms with van der Waals surface area (Å²) in [7, 11) is -3.75. The van der Waals surface area contributed by atoms with E-state index in [2.05, 4.69) is 22.2 Å². The molecule has 4 aromatic carbocycles. The number of rotatable bonds is 5. The van der Waals surface area contributed by atoms with Gasteiger partial charge >= 0.3 is 0 Å². The average Bonchev–Trinajstić information content (AvgIpc) is 3.22. The van der Waals surface area contributed by atoms with Crippen molar-refractivity contribution in [3.63, 3.8) is 0 Å². The summed E-state index contributed by atoms with van der Waals surface area (Å²) in [6, 6.07) is 23.4. The summed E-state index contributed by atoms with van der Waals surface area (Å²) in [5.41, 5.74) is 4.85. The molecule has 1 aliphatic carbocycles. The zero-order chi connectivity index (χ0) is 22.3. The van der Waals surface area contributed by atoms with Crippen molar-refractivity contribution >= 4 is 38.1 Å². The van der Waals surface area contributed by atoms with Gasteiger partial charge in [-0.15, -0.1) is 0 Å². The van der Waals surface area contributed by atoms with Crippen LogP contribution in [-0.4, -0.2) is 14.3 Å². The fourth-order valence-corrected chi connectivity index (χ4v) is 5.37. The summed E-state index contributed by atoms with van der Waals surface area (Å²) >= 11 is 0. The minimum atomic E-state index is -3.75. The summed E-state index contributed by atoms with van der Waals surface area (Å²) in [4.78, 5) is 13.2. The number of benzene rings is 4. The van der Waals surface area contributed by atoms with Crippen LogP contribution in [0, 0.1) is 6.92 Å². The normalized spacial score (nSPS) is 12.7. The third-order valence-corrected chi connectivity index (χ3v) is 7.30. The number of anilines is 2. The average molecular weight is 443 g/mol. The number of sulfonamides is 1. The number of hydrogen-bond donors (Lipinski definition) is 2. The van der Waals surface area contributed by atoms with Crippen molar-refractivity contribution in [1.29, 1.82) is 0 Å². The molecule has 0 saturated heterocycles. The van der Waals surface area contributed by atoms with Crippen molar-refractivity contribution in [2.75, 3.05) is 10.0 Å². The first-order valence-electron chi connectivity index (χ1n) is 10.5. The molecular weight excluding hydrogens is 420 g/mol. The van der Waals surface area contributed by atoms with Crippen LogP contribution in [0.25, 0.3) is 10.8 Å². The van der Waals surface area contributed by atoms with Crippen LogP contribution in [0.15, 0.2) is 83.8 Å². The van der Waals surface area contributed by atoms with E-state index in [0.29, 0.717) is 11.3 Å². The number of carbonyl (C=O) groups excluding carboxylic acids is 1. The Morgan fingerprint density at radius 1 is 0.812 bits per heavy atom. The second-order valence-corrected chi connectivity index (χ2v) is 9.70. The lowest BCUT2D eigenvalue weighted by atomic mass is 10.0. The molecule has 5 rings (SSSR count). The second kappa shape index (κ2) is 7.80. The van der Waals surface area contributed by atoms with E-state index in [9.17, 15) is 13.2 Å². The first kappa shape index (κ1) is 20.3. The highest BCUT2D eigenvalue weighted by atomic mass is 32.2. The number of hydrogen-bond acceptors (Lipinski definition) is 3. The fraction of sp³-hybridized carbons (Fsp3) is 0.115. The molecule has 1 aliphatic rings. The molecule has 0 fully saturated rings. The summed E-state index contributed by atoms with van der Waals surface area (Å²) in [5.74, 6) is -0.288. The zero-order valence-corrected chi connectivity index (χ0v) is 18.4. The minimum Gasteiger partial charge on any atom is -0.321 e. The van der Waals surface area contributed by atoms with Crippen LogP contribution in [-0.2, 0) is 22.9 Å². The van der Waals surface area contributed by atoms with Crippen molar-refractivity contribution < 1.29 is 13.2 Å². The maximum Gasteiger partial charge on any atom is 0.261 e. The smallest absolute Gasteiger partial charge is 0.261 e. The van der Waals surface area contributed by atoms with E-state index < -0.39 is 10.0 Å². The summed E-state index contributed by atoms with van der Waals surface area (Å²) < 4.78 is 28.1. The van der Waals surface area contributed by atoms with E-state index in [1.54, 1.807) is 43.3 Å². The van der Waals surface area contributed by atoms with Crippen LogP contribution < -0.4 is 10.0 Å². The molecule has 0 aliphatic heterocycles. The lowest BCUT2D eigenvalue weighted by molar-refractivity contribution is 0.102. The third-order valence-electron chi connectivity index (χ3n) is 5.92. The summed E-state index contributed by atoms with van der Waals surface area (Å²) in [6.07, 6.45) is 2.04. The third kappa shape index (κ3) is 3.63. The Balaban J connectivity index is 1.44. The Morgan fingerprint density at radius 2 is 1.56 bits per heavy atom. The molecule has 32 heavy (non-hydrogen) atoms. The maximum atomic E-state index is 13.1. The predicted octanol–water partition coefficient (Wildman–Crippen LogP) is 5.30. The van der Waals surface area contributed by atoms with Gasteiger partial charge < -0.3 is 5.32 Å². The van der Waals surface area contributed by atoms with Gasteiger partial charge in [0.1, 0.15) is 0 Å². The summed E-state index contributed by atoms with van der Waals surface area (Å²) in [6.45, 7) is 1.80. The lowest BCUT2D eigenvalue weighted by Gasteiger charge is -2.14. The van der Waals surface area contributed by atoms with Gasteiger partial charge in [-0.1, -0.05) is 48.5 Å². The SMILES string of the molecule is Cc1ccc(C(=O)Nc2ccc3c4c(cccc24)CC3)cc1NS(=O)(=O)c1ccccc1. The molecule has 0 saturated carbocycles. The van der Waals surface area contributed by atoms with Crippen LogP contribution in [0.5, 0.6) is 0 Å². The molecule has 5 nitrogen and oxygen atoms in total. The molecule has 0 unspecified atom stereocenters. The van der Waals surface area contributed by atoms with Crippen molar-refractivity contribution in [2.24, 2.45) is 0 Å². The zero-order valence-electron chi connectivity index (χ0n) is 17.6. The van der Waals surface area contributed by atoms with E-state index in [0.717, 1.165) is 29.5 Å². The molecule has 0 radical (unpaired) electrons. The monoisotopic (exact) mass is 442 g/mol. The molecule has 1 amide bonds. The van der Waals surface area contributed by atoms with Gasteiger partial charge in [-0.25, -0.2) is 8.42 Å². The second-order valence-electron chi connectivity index (χ2n) is 8.01. The number of nitrogens with one attached hydrogen (secondary N) is 2. The Kier molecular flexibility index (Phi) is 4.94. The molecule has 6 heteroatoms. The van der Waals surface area contributed by atoms with E-state index in [1.807, 2.05) is 18.2 Å². The van der Waals surface area contributed by atoms with E-state index >= 15 is 0 Å². The highest BCUT2D eigenvalue weighted by Gasteiger charge is 2.19. The highest BCUT2D eigenvalue weighted by molar-refractivity contribution is 7.92. The van der Waals surface area contributed by atoms with Gasteiger partial charge in [-0.3, -0.25) is 9.52 Å². The van der Waals surface area contributed by atoms with Crippen molar-refractivity contribution in [2.45, 2.75) is 24.7 Å². The van der Waals surface area contributed by atoms with Crippen molar-refractivity contribution in [1.82, 2.24) is 0 Å². The van der Waals surface area contributed by atoms with Gasteiger partial charge in [0.2, 0.25) is 0 Å². The molecule has 160 valence electrons. The number of carbonyl (C=O) groups is 1. The Hall–Kier alpha value is -3.64. The molecule has 0 heterocycles. The molecule has 4 aromatic rings. The molecule has 2 N–H and O–H groups in total. The number of amides is 1. The minimum absolute atomic E-state index is 0.169. The van der Waals surface area contributed by atoms with E-state index in [1.165, 1.54) is 28.6 Å². The molecule has 0 bridgehead atoms. The van der Waals surface area contributed by atoms with Gasteiger partial charge in [0.25, 0.3) is 15.9 Å². The molecule has 0 atom stereocenters. The topological polar surface area (TPSA) is 75.3 Å². The summed E-state index contributed by atoms with van der Waals surface area (Å²) in [5, 5.41) is 5.27. The predicted molar refractivity (Wildman–Crippen MR) is 128 cm³/mol. The van der Waals surface area contributed by atoms with Gasteiger partial charge in [-0.2, -0.15) is 0 Å². The highest BCUT2D eigenvalue weighted by Crippen LogP contribution is 2.35. The van der Waals surface area contributed by atoms with Crippen LogP contribution in [0.4, 0.5) is 11.4 Å². The van der Waals surface area contributed by atoms with Crippen LogP contribution in [0.2, 0.25) is 0 Å². The van der Waals surface area contributed by atoms with Gasteiger partial charge in [-0.05, 0) is 72.2 Å². The first-order valence-corrected chi connectivity index (χ1v) is 11.9. The van der Waals surface area contributed by atoms with Gasteiger partial charge in [0, 0.05) is 16.6 Å². The van der Waals surface area contributed by atoms with Crippen LogP contribution >= 0.6 is 0 Å². The Bertz CT molecular complexity index is 1450. The first-order chi connectivity index (χ1) is 15.4. The lowest BCUT2D eigenvalue weighted by Crippen LogP contribution is -2.16. The van der Waals surface area contributed by atoms with E-state index in [-0.39, 0.29) is 10.8 Å². The Morgan fingerprint density at radius 3 is 2.34 bits per heavy atom. The molecule has 0 spiro atoms. The fourth-order valence-electron chi connectivity index (χ4n) is 4.23. The largest absolute Gasteiger partial charge is 0.321 e. The quantitative estimate of drug-likeness (QED) is 0.440. The standard InChI is InChI=1S/C26H22N2O3S/c1-17-10-11-20(16-24(17)28-32(30,31)21-7-3-2-4-8-21)26(29)27-23-15-14-19-13-12-18-6-5-9-22(23)25(18)19/h2-11,14-16,28H,12-13H2,1H3,(H,27,29). The number of aryl methyl sites for hydroxylation is 3. The van der Waals surface area contributed by atoms with Gasteiger partial charge in [0.05, 0.1) is 10.6 Å².